The van der Waals surface area contributed by atoms with E-state index >= 15 is 0 Å². The molecule has 1 N–H and O–H groups in total. The number of aliphatic hydroxyl groups is 1. The van der Waals surface area contributed by atoms with Gasteiger partial charge in [0.15, 0.2) is 5.13 Å². The van der Waals surface area contributed by atoms with Crippen molar-refractivity contribution < 1.29 is 5.11 Å². The number of anilines is 1. The van der Waals surface area contributed by atoms with Crippen molar-refractivity contribution in [3.63, 3.8) is 0 Å². The lowest BCUT2D eigenvalue weighted by molar-refractivity contribution is 0.282. The first-order valence-electron chi connectivity index (χ1n) is 7.59. The van der Waals surface area contributed by atoms with Gasteiger partial charge < -0.3 is 10.0 Å². The van der Waals surface area contributed by atoms with Gasteiger partial charge in [0.1, 0.15) is 0 Å². The highest BCUT2D eigenvalue weighted by atomic mass is 32.1. The Morgan fingerprint density at radius 2 is 1.95 bits per heavy atom. The quantitative estimate of drug-likeness (QED) is 0.897. The second kappa shape index (κ2) is 5.64. The van der Waals surface area contributed by atoms with E-state index in [0.717, 1.165) is 28.8 Å². The first-order chi connectivity index (χ1) is 9.23. The zero-order valence-electron chi connectivity index (χ0n) is 13.5. The summed E-state index contributed by atoms with van der Waals surface area (Å²) in [5.74, 6) is 0. The third kappa shape index (κ3) is 3.53. The Labute approximate surface area is 127 Å². The molecule has 3 nitrogen and oxygen atoms in total. The summed E-state index contributed by atoms with van der Waals surface area (Å²) in [7, 11) is 0. The number of hydrogen-bond acceptors (Lipinski definition) is 4. The van der Waals surface area contributed by atoms with E-state index in [1.54, 1.807) is 11.3 Å². The summed E-state index contributed by atoms with van der Waals surface area (Å²) in [6, 6.07) is 0. The SMILES string of the molecule is CC1(C)CCCN(c2nc(C(C)(C)C)c(CO)s2)CC1. The zero-order valence-corrected chi connectivity index (χ0v) is 14.3. The Morgan fingerprint density at radius 1 is 1.25 bits per heavy atom. The molecule has 1 aliphatic heterocycles. The minimum atomic E-state index is -0.00205. The largest absolute Gasteiger partial charge is 0.391 e. The highest BCUT2D eigenvalue weighted by molar-refractivity contribution is 7.15. The second-order valence-corrected chi connectivity index (χ2v) is 8.74. The van der Waals surface area contributed by atoms with Crippen LogP contribution in [0.2, 0.25) is 0 Å². The zero-order chi connectivity index (χ0) is 15.0. The third-order valence-electron chi connectivity index (χ3n) is 4.15. The first kappa shape index (κ1) is 15.8. The van der Waals surface area contributed by atoms with Crippen molar-refractivity contribution in [2.24, 2.45) is 5.41 Å². The molecule has 0 aliphatic carbocycles. The lowest BCUT2D eigenvalue weighted by Gasteiger charge is -2.23. The summed E-state index contributed by atoms with van der Waals surface area (Å²) >= 11 is 1.67. The Bertz CT molecular complexity index is 460. The average molecular weight is 296 g/mol. The van der Waals surface area contributed by atoms with Crippen LogP contribution in [-0.4, -0.2) is 23.2 Å². The Hall–Kier alpha value is -0.610. The predicted octanol–water partition coefficient (Wildman–Crippen LogP) is 3.95. The maximum absolute atomic E-state index is 9.58. The molecule has 1 aliphatic rings. The number of aromatic nitrogens is 1. The minimum Gasteiger partial charge on any atom is -0.391 e. The van der Waals surface area contributed by atoms with Crippen LogP contribution in [0.15, 0.2) is 0 Å². The normalized spacial score (nSPS) is 20.0. The fourth-order valence-corrected chi connectivity index (χ4v) is 3.96. The molecule has 114 valence electrons. The first-order valence-corrected chi connectivity index (χ1v) is 8.40. The van der Waals surface area contributed by atoms with Gasteiger partial charge in [0, 0.05) is 18.5 Å². The van der Waals surface area contributed by atoms with Crippen molar-refractivity contribution in [3.8, 4) is 0 Å². The van der Waals surface area contributed by atoms with Crippen LogP contribution in [0.1, 0.15) is 64.5 Å². The lowest BCUT2D eigenvalue weighted by atomic mass is 9.85. The van der Waals surface area contributed by atoms with Crippen LogP contribution in [0.4, 0.5) is 5.13 Å². The summed E-state index contributed by atoms with van der Waals surface area (Å²) in [6.45, 7) is 13.5. The Kier molecular flexibility index (Phi) is 4.45. The molecule has 0 atom stereocenters. The van der Waals surface area contributed by atoms with Gasteiger partial charge >= 0.3 is 0 Å². The molecule has 1 aromatic rings. The molecule has 20 heavy (non-hydrogen) atoms. The number of aliphatic hydroxyl groups excluding tert-OH is 1. The molecule has 0 unspecified atom stereocenters. The Morgan fingerprint density at radius 3 is 2.50 bits per heavy atom. The van der Waals surface area contributed by atoms with E-state index in [2.05, 4.69) is 39.5 Å². The smallest absolute Gasteiger partial charge is 0.185 e. The van der Waals surface area contributed by atoms with Crippen molar-refractivity contribution in [2.75, 3.05) is 18.0 Å². The molecule has 0 saturated carbocycles. The molecule has 1 aromatic heterocycles. The van der Waals surface area contributed by atoms with E-state index in [9.17, 15) is 5.11 Å². The van der Waals surface area contributed by atoms with E-state index in [4.69, 9.17) is 4.98 Å². The van der Waals surface area contributed by atoms with Gasteiger partial charge in [-0.2, -0.15) is 0 Å². The number of thiazole rings is 1. The molecule has 4 heteroatoms. The molecule has 0 amide bonds. The molecular weight excluding hydrogens is 268 g/mol. The Balaban J connectivity index is 2.23. The lowest BCUT2D eigenvalue weighted by Crippen LogP contribution is -2.25. The van der Waals surface area contributed by atoms with E-state index in [0.29, 0.717) is 5.41 Å². The summed E-state index contributed by atoms with van der Waals surface area (Å²) < 4.78 is 0. The predicted molar refractivity (Wildman–Crippen MR) is 86.6 cm³/mol. The standard InChI is InChI=1S/C16H28N2OS/c1-15(2,3)13-12(11-19)20-14(17-13)18-9-6-7-16(4,5)8-10-18/h19H,6-11H2,1-5H3. The van der Waals surface area contributed by atoms with Gasteiger partial charge in [-0.3, -0.25) is 0 Å². The van der Waals surface area contributed by atoms with Gasteiger partial charge in [-0.25, -0.2) is 4.98 Å². The molecule has 0 radical (unpaired) electrons. The highest BCUT2D eigenvalue weighted by Gasteiger charge is 2.27. The average Bonchev–Trinajstić information content (AvgIpc) is 2.69. The van der Waals surface area contributed by atoms with Crippen molar-refractivity contribution in [1.29, 1.82) is 0 Å². The van der Waals surface area contributed by atoms with Crippen LogP contribution < -0.4 is 4.90 Å². The van der Waals surface area contributed by atoms with Crippen molar-refractivity contribution in [2.45, 2.75) is 65.9 Å². The number of rotatable bonds is 2. The molecule has 2 heterocycles. The van der Waals surface area contributed by atoms with Crippen molar-refractivity contribution in [3.05, 3.63) is 10.6 Å². The van der Waals surface area contributed by atoms with Crippen LogP contribution in [0.5, 0.6) is 0 Å². The summed E-state index contributed by atoms with van der Waals surface area (Å²) in [5, 5.41) is 10.7. The van der Waals surface area contributed by atoms with Gasteiger partial charge in [-0.15, -0.1) is 0 Å². The van der Waals surface area contributed by atoms with Crippen LogP contribution in [0.25, 0.3) is 0 Å². The topological polar surface area (TPSA) is 36.4 Å². The fraction of sp³-hybridized carbons (Fsp3) is 0.812. The van der Waals surface area contributed by atoms with Gasteiger partial charge in [0.05, 0.1) is 17.2 Å². The minimum absolute atomic E-state index is 0.00205. The maximum Gasteiger partial charge on any atom is 0.185 e. The van der Waals surface area contributed by atoms with Crippen molar-refractivity contribution in [1.82, 2.24) is 4.98 Å². The summed E-state index contributed by atoms with van der Waals surface area (Å²) in [4.78, 5) is 8.28. The fourth-order valence-electron chi connectivity index (χ4n) is 2.78. The molecule has 0 bridgehead atoms. The van der Waals surface area contributed by atoms with E-state index in [1.165, 1.54) is 19.3 Å². The summed E-state index contributed by atoms with van der Waals surface area (Å²) in [5.41, 5.74) is 1.50. The number of nitrogens with zero attached hydrogens (tertiary/aromatic N) is 2. The monoisotopic (exact) mass is 296 g/mol. The van der Waals surface area contributed by atoms with E-state index in [1.807, 2.05) is 0 Å². The maximum atomic E-state index is 9.58. The molecule has 2 rings (SSSR count). The molecule has 0 spiro atoms. The molecule has 0 aromatic carbocycles. The van der Waals surface area contributed by atoms with E-state index in [-0.39, 0.29) is 12.0 Å². The van der Waals surface area contributed by atoms with Crippen LogP contribution >= 0.6 is 11.3 Å². The van der Waals surface area contributed by atoms with Gasteiger partial charge in [-0.1, -0.05) is 46.0 Å². The molecule has 1 fully saturated rings. The summed E-state index contributed by atoms with van der Waals surface area (Å²) in [6.07, 6.45) is 3.73. The van der Waals surface area contributed by atoms with Gasteiger partial charge in [-0.05, 0) is 24.7 Å². The second-order valence-electron chi connectivity index (χ2n) is 7.68. The molecular formula is C16H28N2OS. The van der Waals surface area contributed by atoms with Crippen molar-refractivity contribution >= 4 is 16.5 Å². The van der Waals surface area contributed by atoms with Crippen LogP contribution in [0.3, 0.4) is 0 Å². The van der Waals surface area contributed by atoms with E-state index < -0.39 is 0 Å². The van der Waals surface area contributed by atoms with Gasteiger partial charge in [0.2, 0.25) is 0 Å². The van der Waals surface area contributed by atoms with Crippen LogP contribution in [-0.2, 0) is 12.0 Å². The van der Waals surface area contributed by atoms with Gasteiger partial charge in [0.25, 0.3) is 0 Å². The third-order valence-corrected chi connectivity index (χ3v) is 5.25. The molecule has 1 saturated heterocycles. The highest BCUT2D eigenvalue weighted by Crippen LogP contribution is 2.37. The number of hydrogen-bond donors (Lipinski definition) is 1. The van der Waals surface area contributed by atoms with Crippen LogP contribution in [0, 0.1) is 5.41 Å².